The summed E-state index contributed by atoms with van der Waals surface area (Å²) in [5.41, 5.74) is 3.08. The molecular weight excluding hydrogens is 517 g/mol. The van der Waals surface area contributed by atoms with Gasteiger partial charge in [-0.3, -0.25) is 4.79 Å². The Morgan fingerprint density at radius 3 is 2.42 bits per heavy atom. The molecule has 7 heteroatoms. The van der Waals surface area contributed by atoms with Gasteiger partial charge in [0.05, 0.1) is 18.5 Å². The smallest absolute Gasteiger partial charge is 0.227 e. The van der Waals surface area contributed by atoms with Gasteiger partial charge in [-0.05, 0) is 69.0 Å². The van der Waals surface area contributed by atoms with Crippen LogP contribution in [-0.4, -0.2) is 34.5 Å². The Morgan fingerprint density at radius 1 is 1.19 bits per heavy atom. The van der Waals surface area contributed by atoms with Gasteiger partial charge >= 0.3 is 0 Å². The third-order valence-electron chi connectivity index (χ3n) is 5.83. The van der Waals surface area contributed by atoms with Crippen molar-refractivity contribution in [3.05, 3.63) is 67.6 Å². The number of halogens is 3. The van der Waals surface area contributed by atoms with Crippen molar-refractivity contribution in [2.75, 3.05) is 12.9 Å². The zero-order valence-electron chi connectivity index (χ0n) is 18.5. The van der Waals surface area contributed by atoms with Crippen LogP contribution in [0.1, 0.15) is 50.4 Å². The van der Waals surface area contributed by atoms with Gasteiger partial charge in [0.15, 0.2) is 4.75 Å². The largest absolute Gasteiger partial charge is 0.330 e. The van der Waals surface area contributed by atoms with Gasteiger partial charge in [0.25, 0.3) is 0 Å². The number of carbonyl (C=O) groups excluding carboxylic acids is 1. The monoisotopic (exact) mass is 544 g/mol. The second kappa shape index (κ2) is 10.0. The van der Waals surface area contributed by atoms with Gasteiger partial charge in [0.2, 0.25) is 5.91 Å². The molecule has 3 nitrogen and oxygen atoms in total. The highest BCUT2D eigenvalue weighted by atomic mass is 79.9. The van der Waals surface area contributed by atoms with Crippen molar-refractivity contribution in [2.45, 2.75) is 57.4 Å². The van der Waals surface area contributed by atoms with E-state index in [0.717, 1.165) is 16.5 Å². The molecule has 0 bridgehead atoms. The van der Waals surface area contributed by atoms with Crippen molar-refractivity contribution in [3.63, 3.8) is 0 Å². The minimum atomic E-state index is -0.229. The summed E-state index contributed by atoms with van der Waals surface area (Å²) in [5, 5.41) is 1.04. The van der Waals surface area contributed by atoms with Gasteiger partial charge in [-0.1, -0.05) is 57.3 Å². The molecule has 0 saturated carbocycles. The first-order chi connectivity index (χ1) is 14.5. The van der Waals surface area contributed by atoms with Gasteiger partial charge in [0, 0.05) is 14.5 Å². The number of hydrogen-bond acceptors (Lipinski definition) is 2. The number of nitrogens with zero attached hydrogens (tertiary/aromatic N) is 1. The molecule has 1 heterocycles. The van der Waals surface area contributed by atoms with Crippen LogP contribution in [-0.2, 0) is 33.0 Å². The van der Waals surface area contributed by atoms with Crippen molar-refractivity contribution < 1.29 is 8.98 Å². The van der Waals surface area contributed by atoms with Gasteiger partial charge in [-0.25, -0.2) is 0 Å². The number of hydrogen-bond donors (Lipinski definition) is 0. The van der Waals surface area contributed by atoms with Crippen LogP contribution in [0.25, 0.3) is 0 Å². The molecule has 1 aliphatic heterocycles. The number of benzene rings is 2. The summed E-state index contributed by atoms with van der Waals surface area (Å²) in [7, 11) is 0. The molecule has 0 aromatic heterocycles. The molecule has 31 heavy (non-hydrogen) atoms. The summed E-state index contributed by atoms with van der Waals surface area (Å²) in [5.74, 6) is 0.00784. The second-order valence-corrected chi connectivity index (χ2v) is 12.9. The molecule has 0 spiro atoms. The van der Waals surface area contributed by atoms with E-state index in [1.807, 2.05) is 11.0 Å². The summed E-state index contributed by atoms with van der Waals surface area (Å²) in [6, 6.07) is 11.4. The Balaban J connectivity index is 1.92. The zero-order valence-corrected chi connectivity index (χ0v) is 22.5. The minimum Gasteiger partial charge on any atom is -0.330 e. The van der Waals surface area contributed by atoms with E-state index in [0.29, 0.717) is 22.2 Å². The Kier molecular flexibility index (Phi) is 8.07. The molecule has 3 rings (SSSR count). The summed E-state index contributed by atoms with van der Waals surface area (Å²) in [4.78, 5) is 15.5. The fourth-order valence-corrected chi connectivity index (χ4v) is 5.63. The van der Waals surface area contributed by atoms with Crippen LogP contribution in [0.2, 0.25) is 10.0 Å². The lowest BCUT2D eigenvalue weighted by molar-refractivity contribution is -0.136. The van der Waals surface area contributed by atoms with E-state index in [1.165, 1.54) is 5.56 Å². The van der Waals surface area contributed by atoms with Crippen molar-refractivity contribution in [3.8, 4) is 0 Å². The van der Waals surface area contributed by atoms with E-state index in [2.05, 4.69) is 62.0 Å². The SMILES string of the molecule is C[C@H]1c2cccc(Br)c2C[C@H](CO[S+](C)C(C)(C)C)N1C(=O)Cc1c(Cl)cccc1Cl. The van der Waals surface area contributed by atoms with E-state index in [9.17, 15) is 4.79 Å². The van der Waals surface area contributed by atoms with E-state index >= 15 is 0 Å². The number of carbonyl (C=O) groups is 1. The van der Waals surface area contributed by atoms with Crippen molar-refractivity contribution in [1.29, 1.82) is 0 Å². The molecule has 2 aromatic carbocycles. The fourth-order valence-electron chi connectivity index (χ4n) is 3.84. The number of fused-ring (bicyclic) bond motifs is 1. The second-order valence-electron chi connectivity index (χ2n) is 8.87. The van der Waals surface area contributed by atoms with Gasteiger partial charge in [0.1, 0.15) is 24.0 Å². The number of amides is 1. The Morgan fingerprint density at radius 2 is 1.81 bits per heavy atom. The van der Waals surface area contributed by atoms with Crippen LogP contribution >= 0.6 is 39.1 Å². The van der Waals surface area contributed by atoms with Crippen LogP contribution < -0.4 is 0 Å². The maximum absolute atomic E-state index is 13.6. The molecule has 0 aliphatic carbocycles. The van der Waals surface area contributed by atoms with Crippen LogP contribution in [0.5, 0.6) is 0 Å². The molecule has 0 saturated heterocycles. The Bertz CT molecular complexity index is 943. The molecule has 168 valence electrons. The van der Waals surface area contributed by atoms with E-state index in [1.54, 1.807) is 18.2 Å². The average molecular weight is 546 g/mol. The predicted octanol–water partition coefficient (Wildman–Crippen LogP) is 6.79. The van der Waals surface area contributed by atoms with E-state index in [-0.39, 0.29) is 40.3 Å². The molecule has 2 aromatic rings. The highest BCUT2D eigenvalue weighted by Crippen LogP contribution is 2.38. The highest BCUT2D eigenvalue weighted by molar-refractivity contribution is 9.10. The standard InChI is InChI=1S/C24H29BrCl2NO2S/c1-15-17-8-6-9-20(25)18(17)12-16(14-30-31(5)24(2,3)4)28(15)23(29)13-19-21(26)10-7-11-22(19)27/h6-11,15-16H,12-14H2,1-5H3/q+1/t15-,16+,31?/m0/s1. The molecule has 0 N–H and O–H groups in total. The Labute approximate surface area is 207 Å². The molecule has 1 amide bonds. The summed E-state index contributed by atoms with van der Waals surface area (Å²) in [6.07, 6.45) is 3.02. The normalized spacial score (nSPS) is 19.8. The molecule has 1 unspecified atom stereocenters. The van der Waals surface area contributed by atoms with Gasteiger partial charge in [-0.2, -0.15) is 4.18 Å². The van der Waals surface area contributed by atoms with Gasteiger partial charge in [-0.15, -0.1) is 0 Å². The van der Waals surface area contributed by atoms with Crippen LogP contribution in [0.15, 0.2) is 40.9 Å². The molecule has 1 aliphatic rings. The average Bonchev–Trinajstić information content (AvgIpc) is 2.69. The van der Waals surface area contributed by atoms with Crippen molar-refractivity contribution in [2.24, 2.45) is 0 Å². The first-order valence-corrected chi connectivity index (χ1v) is 13.4. The third-order valence-corrected chi connectivity index (χ3v) is 9.50. The van der Waals surface area contributed by atoms with E-state index in [4.69, 9.17) is 27.4 Å². The van der Waals surface area contributed by atoms with Gasteiger partial charge < -0.3 is 4.90 Å². The quantitative estimate of drug-likeness (QED) is 0.387. The van der Waals surface area contributed by atoms with Crippen molar-refractivity contribution >= 4 is 56.2 Å². The maximum Gasteiger partial charge on any atom is 0.227 e. The highest BCUT2D eigenvalue weighted by Gasteiger charge is 2.39. The predicted molar refractivity (Wildman–Crippen MR) is 136 cm³/mol. The third kappa shape index (κ3) is 5.62. The van der Waals surface area contributed by atoms with Crippen LogP contribution in [0.4, 0.5) is 0 Å². The Hall–Kier alpha value is -0.720. The summed E-state index contributed by atoms with van der Waals surface area (Å²) >= 11 is 16.2. The topological polar surface area (TPSA) is 29.5 Å². The lowest BCUT2D eigenvalue weighted by atomic mass is 9.88. The fraction of sp³-hybridized carbons (Fsp3) is 0.458. The van der Waals surface area contributed by atoms with E-state index < -0.39 is 0 Å². The van der Waals surface area contributed by atoms with Crippen molar-refractivity contribution in [1.82, 2.24) is 4.90 Å². The first-order valence-electron chi connectivity index (χ1n) is 10.3. The summed E-state index contributed by atoms with van der Waals surface area (Å²) < 4.78 is 7.43. The van der Waals surface area contributed by atoms with Crippen LogP contribution in [0, 0.1) is 0 Å². The zero-order chi connectivity index (χ0) is 22.9. The summed E-state index contributed by atoms with van der Waals surface area (Å²) in [6.45, 7) is 9.10. The molecule has 3 atom stereocenters. The maximum atomic E-state index is 13.6. The molecule has 0 fully saturated rings. The molecule has 0 radical (unpaired) electrons. The number of rotatable bonds is 5. The minimum absolute atomic E-state index is 0.00784. The lowest BCUT2D eigenvalue weighted by Gasteiger charge is -2.42. The lowest BCUT2D eigenvalue weighted by Crippen LogP contribution is -2.50. The first kappa shape index (κ1) is 24.9. The molecular formula is C24H29BrCl2NO2S+. The van der Waals surface area contributed by atoms with Crippen LogP contribution in [0.3, 0.4) is 0 Å².